The zero-order valence-electron chi connectivity index (χ0n) is 13.7. The third-order valence-electron chi connectivity index (χ3n) is 4.45. The van der Waals surface area contributed by atoms with Crippen LogP contribution in [-0.2, 0) is 18.3 Å². The van der Waals surface area contributed by atoms with Crippen molar-refractivity contribution in [2.75, 3.05) is 32.8 Å². The van der Waals surface area contributed by atoms with Crippen LogP contribution in [0.5, 0.6) is 0 Å². The van der Waals surface area contributed by atoms with Gasteiger partial charge < -0.3 is 9.15 Å². The average Bonchev–Trinajstić information content (AvgIpc) is 3.09. The molecule has 9 heteroatoms. The second-order valence-corrected chi connectivity index (χ2v) is 6.03. The van der Waals surface area contributed by atoms with Crippen molar-refractivity contribution >= 4 is 17.0 Å². The second-order valence-electron chi connectivity index (χ2n) is 6.03. The molecule has 1 aliphatic heterocycles. The van der Waals surface area contributed by atoms with Crippen molar-refractivity contribution in [1.29, 1.82) is 0 Å². The van der Waals surface area contributed by atoms with Crippen LogP contribution in [0, 0.1) is 6.92 Å². The number of aromatic nitrogens is 4. The minimum absolute atomic E-state index is 0.320. The van der Waals surface area contributed by atoms with E-state index in [-0.39, 0.29) is 11.2 Å². The standard InChI is InChI=1S/C15H19N5O4/c1-10-9-20-11-12(16-14(20)24-10)17(2)15(22)19(13(11)21)4-3-18-5-7-23-8-6-18/h9H,3-8H2,1-2H3. The molecule has 0 radical (unpaired) electrons. The van der Waals surface area contributed by atoms with Crippen molar-refractivity contribution in [3.8, 4) is 0 Å². The summed E-state index contributed by atoms with van der Waals surface area (Å²) in [5.74, 6) is 0.980. The van der Waals surface area contributed by atoms with E-state index in [1.807, 2.05) is 0 Å². The zero-order chi connectivity index (χ0) is 16.8. The topological polar surface area (TPSA) is 86.9 Å². The van der Waals surface area contributed by atoms with E-state index in [9.17, 15) is 9.59 Å². The molecule has 1 aliphatic rings. The molecular weight excluding hydrogens is 314 g/mol. The Balaban J connectivity index is 1.80. The summed E-state index contributed by atoms with van der Waals surface area (Å²) in [5, 5.41) is 0. The SMILES string of the molecule is Cc1cn2c(nc3c2c(=O)n(CCN2CCOCC2)c(=O)n3C)o1. The van der Waals surface area contributed by atoms with Gasteiger partial charge in [-0.3, -0.25) is 23.2 Å². The lowest BCUT2D eigenvalue weighted by Crippen LogP contribution is -2.44. The molecule has 1 fully saturated rings. The Labute approximate surface area is 136 Å². The van der Waals surface area contributed by atoms with Crippen LogP contribution in [0.2, 0.25) is 0 Å². The fourth-order valence-corrected chi connectivity index (χ4v) is 3.13. The summed E-state index contributed by atoms with van der Waals surface area (Å²) in [5.41, 5.74) is 0.00481. The van der Waals surface area contributed by atoms with Crippen molar-refractivity contribution < 1.29 is 9.15 Å². The Kier molecular flexibility index (Phi) is 3.54. The number of aryl methyl sites for hydroxylation is 2. The highest BCUT2D eigenvalue weighted by Crippen LogP contribution is 2.14. The minimum atomic E-state index is -0.363. The van der Waals surface area contributed by atoms with Gasteiger partial charge in [-0.15, -0.1) is 0 Å². The first-order chi connectivity index (χ1) is 11.6. The Morgan fingerprint density at radius 3 is 2.71 bits per heavy atom. The maximum Gasteiger partial charge on any atom is 0.332 e. The third kappa shape index (κ3) is 2.28. The van der Waals surface area contributed by atoms with E-state index in [4.69, 9.17) is 9.15 Å². The zero-order valence-corrected chi connectivity index (χ0v) is 13.7. The summed E-state index contributed by atoms with van der Waals surface area (Å²) < 4.78 is 15.1. The summed E-state index contributed by atoms with van der Waals surface area (Å²) in [6.07, 6.45) is 1.71. The number of rotatable bonds is 3. The molecule has 9 nitrogen and oxygen atoms in total. The fraction of sp³-hybridized carbons (Fsp3) is 0.533. The van der Waals surface area contributed by atoms with Crippen LogP contribution in [0.25, 0.3) is 17.0 Å². The molecule has 0 saturated carbocycles. The van der Waals surface area contributed by atoms with E-state index in [1.165, 1.54) is 9.13 Å². The Bertz CT molecular complexity index is 1020. The first-order valence-corrected chi connectivity index (χ1v) is 7.94. The number of imidazole rings is 1. The molecule has 0 bridgehead atoms. The highest BCUT2D eigenvalue weighted by atomic mass is 16.5. The number of fused-ring (bicyclic) bond motifs is 3. The van der Waals surface area contributed by atoms with Crippen molar-refractivity contribution in [3.05, 3.63) is 32.8 Å². The molecule has 0 aromatic carbocycles. The van der Waals surface area contributed by atoms with Gasteiger partial charge in [0.1, 0.15) is 5.76 Å². The van der Waals surface area contributed by atoms with Gasteiger partial charge >= 0.3 is 11.5 Å². The van der Waals surface area contributed by atoms with E-state index >= 15 is 0 Å². The van der Waals surface area contributed by atoms with Gasteiger partial charge in [0, 0.05) is 33.2 Å². The van der Waals surface area contributed by atoms with Crippen LogP contribution in [0.4, 0.5) is 0 Å². The number of morpholine rings is 1. The number of hydrogen-bond donors (Lipinski definition) is 0. The van der Waals surface area contributed by atoms with Gasteiger partial charge in [0.15, 0.2) is 11.2 Å². The molecule has 0 aliphatic carbocycles. The quantitative estimate of drug-likeness (QED) is 0.647. The molecule has 128 valence electrons. The number of oxazole rings is 1. The lowest BCUT2D eigenvalue weighted by molar-refractivity contribution is 0.0361. The van der Waals surface area contributed by atoms with E-state index in [1.54, 1.807) is 24.6 Å². The largest absolute Gasteiger partial charge is 0.428 e. The predicted molar refractivity (Wildman–Crippen MR) is 86.5 cm³/mol. The average molecular weight is 333 g/mol. The number of nitrogens with zero attached hydrogens (tertiary/aromatic N) is 5. The molecule has 4 heterocycles. The lowest BCUT2D eigenvalue weighted by Gasteiger charge is -2.26. The second kappa shape index (κ2) is 5.60. The first-order valence-electron chi connectivity index (χ1n) is 7.94. The maximum atomic E-state index is 12.9. The smallest absolute Gasteiger partial charge is 0.332 e. The normalized spacial score (nSPS) is 16.4. The highest BCUT2D eigenvalue weighted by Gasteiger charge is 2.19. The van der Waals surface area contributed by atoms with E-state index in [0.29, 0.717) is 49.1 Å². The van der Waals surface area contributed by atoms with Crippen LogP contribution < -0.4 is 11.2 Å². The minimum Gasteiger partial charge on any atom is -0.428 e. The van der Waals surface area contributed by atoms with Crippen LogP contribution in [-0.4, -0.2) is 56.3 Å². The first kappa shape index (κ1) is 15.2. The molecule has 0 atom stereocenters. The molecule has 0 N–H and O–H groups in total. The van der Waals surface area contributed by atoms with Crippen LogP contribution in [0.1, 0.15) is 5.76 Å². The van der Waals surface area contributed by atoms with Crippen molar-refractivity contribution in [3.63, 3.8) is 0 Å². The summed E-state index contributed by atoms with van der Waals surface area (Å²) in [4.78, 5) is 31.9. The maximum absolute atomic E-state index is 12.9. The monoisotopic (exact) mass is 333 g/mol. The van der Waals surface area contributed by atoms with Gasteiger partial charge in [-0.05, 0) is 6.92 Å². The van der Waals surface area contributed by atoms with Gasteiger partial charge in [-0.25, -0.2) is 4.79 Å². The van der Waals surface area contributed by atoms with Gasteiger partial charge in [-0.2, -0.15) is 4.98 Å². The Morgan fingerprint density at radius 1 is 1.21 bits per heavy atom. The third-order valence-corrected chi connectivity index (χ3v) is 4.45. The van der Waals surface area contributed by atoms with Gasteiger partial charge in [-0.1, -0.05) is 0 Å². The molecule has 0 spiro atoms. The fourth-order valence-electron chi connectivity index (χ4n) is 3.13. The van der Waals surface area contributed by atoms with Gasteiger partial charge in [0.05, 0.1) is 19.4 Å². The van der Waals surface area contributed by atoms with Crippen LogP contribution in [0.15, 0.2) is 20.2 Å². The Hall–Kier alpha value is -2.39. The molecule has 3 aromatic rings. The molecular formula is C15H19N5O4. The summed E-state index contributed by atoms with van der Waals surface area (Å²) in [6, 6.07) is 0. The van der Waals surface area contributed by atoms with E-state index < -0.39 is 0 Å². The molecule has 4 rings (SSSR count). The summed E-state index contributed by atoms with van der Waals surface area (Å²) >= 11 is 0. The van der Waals surface area contributed by atoms with Gasteiger partial charge in [0.2, 0.25) is 0 Å². The molecule has 3 aromatic heterocycles. The highest BCUT2D eigenvalue weighted by molar-refractivity contribution is 5.74. The van der Waals surface area contributed by atoms with Gasteiger partial charge in [0.25, 0.3) is 5.56 Å². The molecule has 1 saturated heterocycles. The van der Waals surface area contributed by atoms with Crippen molar-refractivity contribution in [2.45, 2.75) is 13.5 Å². The number of ether oxygens (including phenoxy) is 1. The Morgan fingerprint density at radius 2 is 1.96 bits per heavy atom. The van der Waals surface area contributed by atoms with E-state index in [0.717, 1.165) is 13.1 Å². The number of hydrogen-bond acceptors (Lipinski definition) is 6. The van der Waals surface area contributed by atoms with Crippen molar-refractivity contribution in [2.24, 2.45) is 7.05 Å². The van der Waals surface area contributed by atoms with Crippen LogP contribution in [0.3, 0.4) is 0 Å². The van der Waals surface area contributed by atoms with E-state index in [2.05, 4.69) is 9.88 Å². The summed E-state index contributed by atoms with van der Waals surface area (Å²) in [6.45, 7) is 5.76. The lowest BCUT2D eigenvalue weighted by atomic mass is 10.4. The van der Waals surface area contributed by atoms with Crippen LogP contribution >= 0.6 is 0 Å². The summed E-state index contributed by atoms with van der Waals surface area (Å²) in [7, 11) is 1.62. The van der Waals surface area contributed by atoms with Crippen molar-refractivity contribution in [1.82, 2.24) is 23.4 Å². The molecule has 0 unspecified atom stereocenters. The molecule has 0 amide bonds. The predicted octanol–water partition coefficient (Wildman–Crippen LogP) is -0.418. The molecule has 24 heavy (non-hydrogen) atoms.